The van der Waals surface area contributed by atoms with Crippen LogP contribution in [0.25, 0.3) is 21.3 Å². The molecule has 2 heterocycles. The maximum atomic E-state index is 11.7. The first-order valence-electron chi connectivity index (χ1n) is 5.77. The number of hydrogen-bond acceptors (Lipinski definition) is 3. The molecule has 0 aliphatic carbocycles. The lowest BCUT2D eigenvalue weighted by atomic mass is 10.1. The summed E-state index contributed by atoms with van der Waals surface area (Å²) in [6.45, 7) is 0.468. The Morgan fingerprint density at radius 2 is 2.06 bits per heavy atom. The van der Waals surface area contributed by atoms with Gasteiger partial charge in [0.25, 0.3) is 5.56 Å². The van der Waals surface area contributed by atoms with E-state index in [0.717, 1.165) is 22.2 Å². The number of hydrogen-bond donors (Lipinski definition) is 3. The first-order valence-corrected chi connectivity index (χ1v) is 6.65. The third-order valence-electron chi connectivity index (χ3n) is 3.02. The molecule has 0 saturated heterocycles. The summed E-state index contributed by atoms with van der Waals surface area (Å²) in [4.78, 5) is 11.7. The predicted molar refractivity (Wildman–Crippen MR) is 75.0 cm³/mol. The Hall–Kier alpha value is -1.85. The number of H-pyrrole nitrogens is 2. The van der Waals surface area contributed by atoms with Crippen molar-refractivity contribution in [1.29, 1.82) is 0 Å². The van der Waals surface area contributed by atoms with Crippen LogP contribution in [0.3, 0.4) is 0 Å². The molecule has 0 aliphatic heterocycles. The van der Waals surface area contributed by atoms with Gasteiger partial charge in [0, 0.05) is 26.6 Å². The Kier molecular flexibility index (Phi) is 2.77. The van der Waals surface area contributed by atoms with E-state index in [-0.39, 0.29) is 5.56 Å². The number of aromatic nitrogens is 2. The third kappa shape index (κ3) is 1.68. The molecule has 0 atom stereocenters. The minimum absolute atomic E-state index is 0.0780. The molecular weight excluding hydrogens is 246 g/mol. The summed E-state index contributed by atoms with van der Waals surface area (Å²) in [7, 11) is 0. The van der Waals surface area contributed by atoms with Crippen molar-refractivity contribution in [2.24, 2.45) is 5.73 Å². The molecule has 0 unspecified atom stereocenters. The van der Waals surface area contributed by atoms with Crippen molar-refractivity contribution in [3.63, 3.8) is 0 Å². The summed E-state index contributed by atoms with van der Waals surface area (Å²) < 4.78 is 1.22. The summed E-state index contributed by atoms with van der Waals surface area (Å²) in [6.07, 6.45) is 0.582. The van der Waals surface area contributed by atoms with E-state index < -0.39 is 0 Å². The van der Waals surface area contributed by atoms with Crippen LogP contribution in [0.4, 0.5) is 0 Å². The minimum Gasteiger partial charge on any atom is -0.330 e. The molecule has 3 aromatic rings. The van der Waals surface area contributed by atoms with E-state index in [1.807, 2.05) is 12.1 Å². The van der Waals surface area contributed by atoms with E-state index in [1.165, 1.54) is 4.70 Å². The highest BCUT2D eigenvalue weighted by atomic mass is 32.1. The Balaban J connectivity index is 2.23. The lowest BCUT2D eigenvalue weighted by molar-refractivity contribution is 0.960. The lowest BCUT2D eigenvalue weighted by Crippen LogP contribution is -2.12. The highest BCUT2D eigenvalue weighted by Gasteiger charge is 2.14. The number of fused-ring (bicyclic) bond motifs is 1. The molecule has 1 aromatic carbocycles. The van der Waals surface area contributed by atoms with Gasteiger partial charge in [-0.05, 0) is 19.0 Å². The second kappa shape index (κ2) is 4.44. The third-order valence-corrected chi connectivity index (χ3v) is 3.99. The largest absolute Gasteiger partial charge is 0.330 e. The van der Waals surface area contributed by atoms with Gasteiger partial charge in [-0.25, -0.2) is 0 Å². The molecule has 0 aliphatic rings. The van der Waals surface area contributed by atoms with Gasteiger partial charge < -0.3 is 5.73 Å². The molecule has 3 rings (SSSR count). The van der Waals surface area contributed by atoms with Gasteiger partial charge in [-0.2, -0.15) is 0 Å². The van der Waals surface area contributed by atoms with Gasteiger partial charge in [-0.15, -0.1) is 11.3 Å². The molecular formula is C13H13N3OS. The molecule has 0 amide bonds. The van der Waals surface area contributed by atoms with Crippen molar-refractivity contribution >= 4 is 21.4 Å². The molecule has 0 spiro atoms. The SMILES string of the molecule is NCCc1c(-c2csc3ccccc23)[nH][nH]c1=O. The molecule has 0 saturated carbocycles. The maximum Gasteiger partial charge on any atom is 0.267 e. The summed E-state index contributed by atoms with van der Waals surface area (Å²) in [6, 6.07) is 8.17. The highest BCUT2D eigenvalue weighted by molar-refractivity contribution is 7.17. The van der Waals surface area contributed by atoms with Gasteiger partial charge in [-0.3, -0.25) is 15.0 Å². The van der Waals surface area contributed by atoms with Gasteiger partial charge in [-0.1, -0.05) is 18.2 Å². The van der Waals surface area contributed by atoms with E-state index in [0.29, 0.717) is 13.0 Å². The van der Waals surface area contributed by atoms with Gasteiger partial charge >= 0.3 is 0 Å². The molecule has 0 radical (unpaired) electrons. The molecule has 18 heavy (non-hydrogen) atoms. The van der Waals surface area contributed by atoms with Crippen molar-refractivity contribution in [3.05, 3.63) is 45.6 Å². The van der Waals surface area contributed by atoms with Gasteiger partial charge in [0.05, 0.1) is 5.69 Å². The van der Waals surface area contributed by atoms with Crippen LogP contribution in [0.1, 0.15) is 5.56 Å². The van der Waals surface area contributed by atoms with E-state index in [9.17, 15) is 4.79 Å². The topological polar surface area (TPSA) is 74.7 Å². The van der Waals surface area contributed by atoms with Crippen molar-refractivity contribution in [2.45, 2.75) is 6.42 Å². The fourth-order valence-corrected chi connectivity index (χ4v) is 3.12. The highest BCUT2D eigenvalue weighted by Crippen LogP contribution is 2.33. The summed E-state index contributed by atoms with van der Waals surface area (Å²) >= 11 is 1.68. The van der Waals surface area contributed by atoms with E-state index in [2.05, 4.69) is 27.7 Å². The van der Waals surface area contributed by atoms with Crippen molar-refractivity contribution in [3.8, 4) is 11.3 Å². The van der Waals surface area contributed by atoms with Crippen LogP contribution in [0, 0.1) is 0 Å². The second-order valence-electron chi connectivity index (χ2n) is 4.12. The van der Waals surface area contributed by atoms with E-state index in [1.54, 1.807) is 11.3 Å². The fraction of sp³-hybridized carbons (Fsp3) is 0.154. The smallest absolute Gasteiger partial charge is 0.267 e. The molecule has 5 heteroatoms. The predicted octanol–water partition coefficient (Wildman–Crippen LogP) is 2.09. The molecule has 4 N–H and O–H groups in total. The lowest BCUT2D eigenvalue weighted by Gasteiger charge is -2.00. The van der Waals surface area contributed by atoms with Gasteiger partial charge in [0.15, 0.2) is 0 Å². The zero-order valence-electron chi connectivity index (χ0n) is 9.69. The molecule has 92 valence electrons. The zero-order chi connectivity index (χ0) is 12.5. The Bertz CT molecular complexity index is 738. The average Bonchev–Trinajstić information content (AvgIpc) is 2.95. The quantitative estimate of drug-likeness (QED) is 0.673. The van der Waals surface area contributed by atoms with Crippen LogP contribution in [-0.4, -0.2) is 16.7 Å². The number of benzene rings is 1. The Morgan fingerprint density at radius 3 is 2.89 bits per heavy atom. The summed E-state index contributed by atoms with van der Waals surface area (Å²) in [5.74, 6) is 0. The van der Waals surface area contributed by atoms with Gasteiger partial charge in [0.1, 0.15) is 0 Å². The number of nitrogens with two attached hydrogens (primary N) is 1. The van der Waals surface area contributed by atoms with Crippen molar-refractivity contribution in [2.75, 3.05) is 6.54 Å². The average molecular weight is 259 g/mol. The molecule has 0 fully saturated rings. The van der Waals surface area contributed by atoms with Crippen molar-refractivity contribution in [1.82, 2.24) is 10.2 Å². The minimum atomic E-state index is -0.0780. The van der Waals surface area contributed by atoms with Crippen LogP contribution in [0.2, 0.25) is 0 Å². The molecule has 2 aromatic heterocycles. The Labute approximate surface area is 107 Å². The monoisotopic (exact) mass is 259 g/mol. The van der Waals surface area contributed by atoms with E-state index in [4.69, 9.17) is 5.73 Å². The van der Waals surface area contributed by atoms with Gasteiger partial charge in [0.2, 0.25) is 0 Å². The Morgan fingerprint density at radius 1 is 1.22 bits per heavy atom. The molecule has 4 nitrogen and oxygen atoms in total. The first-order chi connectivity index (χ1) is 8.81. The summed E-state index contributed by atoms with van der Waals surface area (Å²) in [5, 5.41) is 8.85. The number of aromatic amines is 2. The van der Waals surface area contributed by atoms with E-state index >= 15 is 0 Å². The zero-order valence-corrected chi connectivity index (χ0v) is 10.5. The van der Waals surface area contributed by atoms with Crippen molar-refractivity contribution < 1.29 is 0 Å². The molecule has 0 bridgehead atoms. The number of nitrogens with one attached hydrogen (secondary N) is 2. The summed E-state index contributed by atoms with van der Waals surface area (Å²) in [5.41, 5.74) is 8.15. The van der Waals surface area contributed by atoms with Crippen LogP contribution in [0.15, 0.2) is 34.4 Å². The number of rotatable bonds is 3. The first kappa shape index (κ1) is 11.3. The number of thiophene rings is 1. The normalized spacial score (nSPS) is 11.2. The van der Waals surface area contributed by atoms with Crippen LogP contribution in [0.5, 0.6) is 0 Å². The van der Waals surface area contributed by atoms with Crippen LogP contribution in [-0.2, 0) is 6.42 Å². The fourth-order valence-electron chi connectivity index (χ4n) is 2.17. The standard InChI is InChI=1S/C13H13N3OS/c14-6-5-9-12(15-16-13(9)17)10-7-18-11-4-2-1-3-8(10)11/h1-4,7H,5-6,14H2,(H2,15,16,17). The van der Waals surface area contributed by atoms with Crippen LogP contribution < -0.4 is 11.3 Å². The maximum absolute atomic E-state index is 11.7. The van der Waals surface area contributed by atoms with Crippen LogP contribution >= 0.6 is 11.3 Å². The second-order valence-corrected chi connectivity index (χ2v) is 5.03.